The van der Waals surface area contributed by atoms with Crippen molar-refractivity contribution in [2.75, 3.05) is 6.73 Å². The van der Waals surface area contributed by atoms with Crippen LogP contribution in [-0.2, 0) is 4.79 Å². The van der Waals surface area contributed by atoms with Crippen LogP contribution in [0.25, 0.3) is 0 Å². The van der Waals surface area contributed by atoms with E-state index >= 15 is 0 Å². The Bertz CT molecular complexity index is 105. The normalized spacial score (nSPS) is 12.7. The Balaban J connectivity index is 3.37. The summed E-state index contributed by atoms with van der Waals surface area (Å²) in [6.07, 6.45) is 0.0298. The molecule has 0 rings (SSSR count). The van der Waals surface area contributed by atoms with Crippen molar-refractivity contribution in [2.45, 2.75) is 25.9 Å². The predicted molar refractivity (Wildman–Crippen MR) is 36.1 cm³/mol. The number of carbonyl (C=O) groups is 1. The van der Waals surface area contributed by atoms with Gasteiger partial charge < -0.3 is 15.5 Å². The third-order valence-electron chi connectivity index (χ3n) is 1.17. The smallest absolute Gasteiger partial charge is 0.224 e. The molecule has 0 saturated heterocycles. The SMILES string of the molecule is CCC(O)CC(=O)NCO. The Labute approximate surface area is 59.9 Å². The van der Waals surface area contributed by atoms with Gasteiger partial charge in [-0.25, -0.2) is 0 Å². The van der Waals surface area contributed by atoms with E-state index in [0.717, 1.165) is 0 Å². The van der Waals surface area contributed by atoms with Gasteiger partial charge in [0.25, 0.3) is 0 Å². The molecule has 1 amide bonds. The average Bonchev–Trinajstić information content (AvgIpc) is 1.88. The number of hydrogen-bond acceptors (Lipinski definition) is 3. The zero-order chi connectivity index (χ0) is 7.98. The van der Waals surface area contributed by atoms with Gasteiger partial charge in [-0.2, -0.15) is 0 Å². The van der Waals surface area contributed by atoms with Crippen molar-refractivity contribution >= 4 is 5.91 Å². The van der Waals surface area contributed by atoms with Gasteiger partial charge in [-0.1, -0.05) is 6.92 Å². The minimum absolute atomic E-state index is 0.0665. The van der Waals surface area contributed by atoms with Gasteiger partial charge in [-0.3, -0.25) is 4.79 Å². The molecular formula is C6H13NO3. The quantitative estimate of drug-likeness (QED) is 0.456. The highest BCUT2D eigenvalue weighted by molar-refractivity contribution is 5.76. The third-order valence-corrected chi connectivity index (χ3v) is 1.17. The van der Waals surface area contributed by atoms with Crippen LogP contribution in [0.2, 0.25) is 0 Å². The second-order valence-electron chi connectivity index (χ2n) is 2.02. The van der Waals surface area contributed by atoms with Crippen molar-refractivity contribution < 1.29 is 15.0 Å². The molecular weight excluding hydrogens is 134 g/mol. The highest BCUT2D eigenvalue weighted by Gasteiger charge is 2.06. The maximum Gasteiger partial charge on any atom is 0.224 e. The maximum atomic E-state index is 10.6. The number of carbonyl (C=O) groups excluding carboxylic acids is 1. The van der Waals surface area contributed by atoms with Crippen molar-refractivity contribution in [2.24, 2.45) is 0 Å². The van der Waals surface area contributed by atoms with Crippen molar-refractivity contribution in [3.05, 3.63) is 0 Å². The molecule has 0 aromatic rings. The zero-order valence-corrected chi connectivity index (χ0v) is 6.00. The first kappa shape index (κ1) is 9.39. The lowest BCUT2D eigenvalue weighted by molar-refractivity contribution is -0.124. The molecule has 3 N–H and O–H groups in total. The first-order valence-electron chi connectivity index (χ1n) is 3.26. The topological polar surface area (TPSA) is 69.6 Å². The maximum absolute atomic E-state index is 10.6. The molecule has 4 nitrogen and oxygen atoms in total. The first-order chi connectivity index (χ1) is 4.70. The Morgan fingerprint density at radius 2 is 2.30 bits per heavy atom. The Morgan fingerprint density at radius 1 is 1.70 bits per heavy atom. The summed E-state index contributed by atoms with van der Waals surface area (Å²) in [6, 6.07) is 0. The summed E-state index contributed by atoms with van der Waals surface area (Å²) in [5.74, 6) is -0.322. The molecule has 0 bridgehead atoms. The van der Waals surface area contributed by atoms with E-state index in [0.29, 0.717) is 6.42 Å². The summed E-state index contributed by atoms with van der Waals surface area (Å²) in [6.45, 7) is 1.42. The molecule has 0 aliphatic carbocycles. The number of aliphatic hydroxyl groups is 2. The van der Waals surface area contributed by atoms with E-state index in [1.54, 1.807) is 6.92 Å². The van der Waals surface area contributed by atoms with Gasteiger partial charge >= 0.3 is 0 Å². The monoisotopic (exact) mass is 147 g/mol. The van der Waals surface area contributed by atoms with Crippen LogP contribution in [0.3, 0.4) is 0 Å². The second-order valence-corrected chi connectivity index (χ2v) is 2.02. The molecule has 0 saturated carbocycles. The largest absolute Gasteiger partial charge is 0.393 e. The van der Waals surface area contributed by atoms with Gasteiger partial charge in [0.05, 0.1) is 12.5 Å². The fourth-order valence-electron chi connectivity index (χ4n) is 0.519. The third kappa shape index (κ3) is 4.29. The van der Waals surface area contributed by atoms with Crippen molar-refractivity contribution in [3.8, 4) is 0 Å². The Morgan fingerprint density at radius 3 is 2.70 bits per heavy atom. The predicted octanol–water partition coefficient (Wildman–Crippen LogP) is -0.787. The van der Waals surface area contributed by atoms with Crippen LogP contribution < -0.4 is 5.32 Å². The van der Waals surface area contributed by atoms with Crippen LogP contribution >= 0.6 is 0 Å². The number of aliphatic hydroxyl groups excluding tert-OH is 2. The minimum atomic E-state index is -0.591. The molecule has 0 aliphatic rings. The zero-order valence-electron chi connectivity index (χ0n) is 6.00. The summed E-state index contributed by atoms with van der Waals surface area (Å²) in [5, 5.41) is 19.3. The van der Waals surface area contributed by atoms with Gasteiger partial charge in [0.1, 0.15) is 6.73 Å². The lowest BCUT2D eigenvalue weighted by atomic mass is 10.2. The Kier molecular flexibility index (Phi) is 4.88. The minimum Gasteiger partial charge on any atom is -0.393 e. The van der Waals surface area contributed by atoms with Crippen LogP contribution in [0.1, 0.15) is 19.8 Å². The van der Waals surface area contributed by atoms with Crippen LogP contribution in [0, 0.1) is 0 Å². The number of rotatable bonds is 4. The number of amides is 1. The first-order valence-corrected chi connectivity index (χ1v) is 3.26. The van der Waals surface area contributed by atoms with Gasteiger partial charge in [0.2, 0.25) is 5.91 Å². The van der Waals surface area contributed by atoms with E-state index in [1.807, 2.05) is 0 Å². The lowest BCUT2D eigenvalue weighted by Gasteiger charge is -2.05. The second kappa shape index (κ2) is 5.20. The molecule has 10 heavy (non-hydrogen) atoms. The summed E-state index contributed by atoms with van der Waals surface area (Å²) in [4.78, 5) is 10.6. The summed E-state index contributed by atoms with van der Waals surface area (Å²) >= 11 is 0. The van der Waals surface area contributed by atoms with Crippen LogP contribution in [-0.4, -0.2) is 29.0 Å². The van der Waals surface area contributed by atoms with Crippen molar-refractivity contribution in [1.29, 1.82) is 0 Å². The van der Waals surface area contributed by atoms with Crippen LogP contribution in [0.4, 0.5) is 0 Å². The van der Waals surface area contributed by atoms with Gasteiger partial charge in [0.15, 0.2) is 0 Å². The van der Waals surface area contributed by atoms with E-state index < -0.39 is 6.10 Å². The van der Waals surface area contributed by atoms with Gasteiger partial charge in [-0.05, 0) is 6.42 Å². The molecule has 0 aromatic carbocycles. The fourth-order valence-corrected chi connectivity index (χ4v) is 0.519. The molecule has 0 fully saturated rings. The summed E-state index contributed by atoms with van der Waals surface area (Å²) in [7, 11) is 0. The van der Waals surface area contributed by atoms with E-state index in [9.17, 15) is 4.79 Å². The lowest BCUT2D eigenvalue weighted by Crippen LogP contribution is -2.27. The van der Waals surface area contributed by atoms with Crippen molar-refractivity contribution in [3.63, 3.8) is 0 Å². The van der Waals surface area contributed by atoms with Gasteiger partial charge in [0, 0.05) is 0 Å². The number of nitrogens with one attached hydrogen (secondary N) is 1. The molecule has 0 aromatic heterocycles. The molecule has 0 spiro atoms. The van der Waals surface area contributed by atoms with E-state index in [1.165, 1.54) is 0 Å². The van der Waals surface area contributed by atoms with Crippen LogP contribution in [0.15, 0.2) is 0 Å². The molecule has 60 valence electrons. The molecule has 0 radical (unpaired) electrons. The van der Waals surface area contributed by atoms with E-state index in [2.05, 4.69) is 5.32 Å². The fraction of sp³-hybridized carbons (Fsp3) is 0.833. The van der Waals surface area contributed by atoms with Crippen molar-refractivity contribution in [1.82, 2.24) is 5.32 Å². The molecule has 1 unspecified atom stereocenters. The molecule has 1 atom stereocenters. The molecule has 0 aliphatic heterocycles. The summed E-state index contributed by atoms with van der Waals surface area (Å²) < 4.78 is 0. The van der Waals surface area contributed by atoms with Gasteiger partial charge in [-0.15, -0.1) is 0 Å². The van der Waals surface area contributed by atoms with E-state index in [-0.39, 0.29) is 19.1 Å². The number of hydrogen-bond donors (Lipinski definition) is 3. The highest BCUT2D eigenvalue weighted by atomic mass is 16.3. The average molecular weight is 147 g/mol. The summed E-state index contributed by atoms with van der Waals surface area (Å²) in [5.41, 5.74) is 0. The Hall–Kier alpha value is -0.610. The standard InChI is InChI=1S/C6H13NO3/c1-2-5(9)3-6(10)7-4-8/h5,8-9H,2-4H2,1H3,(H,7,10). The molecule has 0 heterocycles. The highest BCUT2D eigenvalue weighted by Crippen LogP contribution is 1.94. The molecule has 4 heteroatoms. The van der Waals surface area contributed by atoms with E-state index in [4.69, 9.17) is 10.2 Å². The van der Waals surface area contributed by atoms with Crippen LogP contribution in [0.5, 0.6) is 0 Å².